The average Bonchev–Trinajstić information content (AvgIpc) is 2.28. The normalized spacial score (nSPS) is 15.4. The van der Waals surface area contributed by atoms with Crippen LogP contribution in [0.25, 0.3) is 0 Å². The van der Waals surface area contributed by atoms with E-state index in [0.29, 0.717) is 0 Å². The monoisotopic (exact) mass is 236 g/mol. The molecule has 0 aliphatic carbocycles. The molecule has 1 atom stereocenters. The van der Waals surface area contributed by atoms with Crippen LogP contribution in [0.3, 0.4) is 0 Å². The molecule has 1 aliphatic rings. The second-order valence-electron chi connectivity index (χ2n) is 3.46. The van der Waals surface area contributed by atoms with Gasteiger partial charge in [-0.25, -0.2) is 0 Å². The summed E-state index contributed by atoms with van der Waals surface area (Å²) < 4.78 is 0. The van der Waals surface area contributed by atoms with Crippen LogP contribution in [0.5, 0.6) is 0 Å². The van der Waals surface area contributed by atoms with Crippen LogP contribution in [-0.2, 0) is 4.79 Å². The van der Waals surface area contributed by atoms with E-state index in [2.05, 4.69) is 10.6 Å². The Balaban J connectivity index is 2.07. The first-order valence-electron chi connectivity index (χ1n) is 4.90. The molecule has 0 aromatic heterocycles. The summed E-state index contributed by atoms with van der Waals surface area (Å²) in [5.41, 5.74) is 1.04. The maximum absolute atomic E-state index is 10.7. The molecule has 0 amide bonds. The van der Waals surface area contributed by atoms with Gasteiger partial charge in [0.2, 0.25) is 0 Å². The summed E-state index contributed by atoms with van der Waals surface area (Å²) in [7, 11) is 0. The molecule has 0 bridgehead atoms. The predicted octanol–water partition coefficient (Wildman–Crippen LogP) is 2.07. The summed E-state index contributed by atoms with van der Waals surface area (Å²) in [4.78, 5) is 11.8. The van der Waals surface area contributed by atoms with E-state index in [1.807, 2.05) is 24.3 Å². The maximum atomic E-state index is 10.7. The predicted molar refractivity (Wildman–Crippen MR) is 64.2 cm³/mol. The summed E-state index contributed by atoms with van der Waals surface area (Å²) >= 11 is 1.53. The molecule has 0 saturated heterocycles. The molecule has 16 heavy (non-hydrogen) atoms. The van der Waals surface area contributed by atoms with Crippen molar-refractivity contribution in [1.82, 2.24) is 5.32 Å². The van der Waals surface area contributed by atoms with Crippen molar-refractivity contribution < 1.29 is 9.90 Å². The number of aliphatic carboxylic acids is 1. The van der Waals surface area contributed by atoms with Crippen molar-refractivity contribution in [3.05, 3.63) is 35.5 Å². The number of fused-ring (bicyclic) bond motifs is 1. The minimum Gasteiger partial charge on any atom is -0.480 e. The SMILES string of the molecule is CC(NC1=CNc2ccccc2S1)C(=O)O. The number of carbonyl (C=O) groups is 1. The van der Waals surface area contributed by atoms with Gasteiger partial charge in [0.25, 0.3) is 0 Å². The third kappa shape index (κ3) is 2.30. The number of rotatable bonds is 3. The molecule has 84 valence electrons. The Morgan fingerprint density at radius 3 is 3.00 bits per heavy atom. The lowest BCUT2D eigenvalue weighted by Crippen LogP contribution is -2.32. The smallest absolute Gasteiger partial charge is 0.325 e. The van der Waals surface area contributed by atoms with Crippen LogP contribution >= 0.6 is 11.8 Å². The Morgan fingerprint density at radius 2 is 2.25 bits per heavy atom. The highest BCUT2D eigenvalue weighted by Gasteiger charge is 2.16. The van der Waals surface area contributed by atoms with Gasteiger partial charge in [-0.05, 0) is 19.1 Å². The first kappa shape index (κ1) is 10.9. The number of carboxylic acid groups (broad SMARTS) is 1. The Hall–Kier alpha value is -1.62. The lowest BCUT2D eigenvalue weighted by atomic mass is 10.3. The van der Waals surface area contributed by atoms with Crippen LogP contribution in [0.15, 0.2) is 40.4 Å². The Kier molecular flexibility index (Phi) is 3.05. The van der Waals surface area contributed by atoms with E-state index in [0.717, 1.165) is 15.6 Å². The summed E-state index contributed by atoms with van der Waals surface area (Å²) in [5, 5.41) is 15.6. The first-order valence-corrected chi connectivity index (χ1v) is 5.71. The second-order valence-corrected chi connectivity index (χ2v) is 4.54. The van der Waals surface area contributed by atoms with Gasteiger partial charge in [0, 0.05) is 11.1 Å². The van der Waals surface area contributed by atoms with E-state index < -0.39 is 12.0 Å². The molecule has 0 fully saturated rings. The quantitative estimate of drug-likeness (QED) is 0.750. The lowest BCUT2D eigenvalue weighted by molar-refractivity contribution is -0.138. The van der Waals surface area contributed by atoms with Crippen molar-refractivity contribution in [2.24, 2.45) is 0 Å². The van der Waals surface area contributed by atoms with Crippen LogP contribution in [0.2, 0.25) is 0 Å². The molecule has 1 aromatic rings. The van der Waals surface area contributed by atoms with E-state index >= 15 is 0 Å². The summed E-state index contributed by atoms with van der Waals surface area (Å²) in [5.74, 6) is -0.861. The number of benzene rings is 1. The zero-order valence-corrected chi connectivity index (χ0v) is 9.54. The van der Waals surface area contributed by atoms with E-state index in [4.69, 9.17) is 5.11 Å². The minimum atomic E-state index is -0.861. The number of hydrogen-bond acceptors (Lipinski definition) is 4. The van der Waals surface area contributed by atoms with Crippen molar-refractivity contribution >= 4 is 23.4 Å². The molecule has 1 heterocycles. The van der Waals surface area contributed by atoms with Crippen molar-refractivity contribution in [2.45, 2.75) is 17.9 Å². The van der Waals surface area contributed by atoms with Crippen LogP contribution in [-0.4, -0.2) is 17.1 Å². The summed E-state index contributed by atoms with van der Waals surface area (Å²) in [6.07, 6.45) is 1.78. The maximum Gasteiger partial charge on any atom is 0.325 e. The molecule has 5 heteroatoms. The third-order valence-corrected chi connectivity index (χ3v) is 3.23. The zero-order chi connectivity index (χ0) is 11.5. The van der Waals surface area contributed by atoms with Gasteiger partial charge in [-0.1, -0.05) is 23.9 Å². The van der Waals surface area contributed by atoms with Crippen LogP contribution in [0.4, 0.5) is 5.69 Å². The minimum absolute atomic E-state index is 0.592. The van der Waals surface area contributed by atoms with E-state index in [-0.39, 0.29) is 0 Å². The van der Waals surface area contributed by atoms with E-state index in [1.165, 1.54) is 11.8 Å². The van der Waals surface area contributed by atoms with Gasteiger partial charge in [0.1, 0.15) is 6.04 Å². The highest BCUT2D eigenvalue weighted by molar-refractivity contribution is 8.03. The fourth-order valence-corrected chi connectivity index (χ4v) is 2.29. The molecule has 2 rings (SSSR count). The van der Waals surface area contributed by atoms with Crippen molar-refractivity contribution in [3.8, 4) is 0 Å². The molecule has 1 unspecified atom stereocenters. The Bertz CT molecular complexity index is 445. The van der Waals surface area contributed by atoms with Crippen molar-refractivity contribution in [3.63, 3.8) is 0 Å². The molecular formula is C11H12N2O2S. The van der Waals surface area contributed by atoms with Crippen LogP contribution < -0.4 is 10.6 Å². The van der Waals surface area contributed by atoms with Crippen LogP contribution in [0, 0.1) is 0 Å². The highest BCUT2D eigenvalue weighted by Crippen LogP contribution is 2.35. The highest BCUT2D eigenvalue weighted by atomic mass is 32.2. The van der Waals surface area contributed by atoms with Crippen molar-refractivity contribution in [2.75, 3.05) is 5.32 Å². The first-order chi connectivity index (χ1) is 7.66. The Morgan fingerprint density at radius 1 is 1.50 bits per heavy atom. The number of thioether (sulfide) groups is 1. The number of carboxylic acids is 1. The molecule has 3 N–H and O–H groups in total. The van der Waals surface area contributed by atoms with Crippen LogP contribution in [0.1, 0.15) is 6.92 Å². The van der Waals surface area contributed by atoms with Gasteiger partial charge < -0.3 is 15.7 Å². The molecule has 1 aromatic carbocycles. The lowest BCUT2D eigenvalue weighted by Gasteiger charge is -2.20. The van der Waals surface area contributed by atoms with Crippen molar-refractivity contribution in [1.29, 1.82) is 0 Å². The third-order valence-electron chi connectivity index (χ3n) is 2.19. The van der Waals surface area contributed by atoms with E-state index in [1.54, 1.807) is 13.1 Å². The zero-order valence-electron chi connectivity index (χ0n) is 8.73. The standard InChI is InChI=1S/C11H12N2O2S/c1-7(11(14)15)13-10-6-12-8-4-2-3-5-9(8)16-10/h2-7,12-13H,1H3,(H,14,15). The largest absolute Gasteiger partial charge is 0.480 e. The average molecular weight is 236 g/mol. The fourth-order valence-electron chi connectivity index (χ4n) is 1.31. The van der Waals surface area contributed by atoms with Gasteiger partial charge in [-0.2, -0.15) is 0 Å². The number of para-hydroxylation sites is 1. The fraction of sp³-hybridized carbons (Fsp3) is 0.182. The molecule has 0 saturated carbocycles. The summed E-state index contributed by atoms with van der Waals surface area (Å²) in [6, 6.07) is 7.30. The molecule has 1 aliphatic heterocycles. The number of anilines is 1. The number of nitrogens with one attached hydrogen (secondary N) is 2. The van der Waals surface area contributed by atoms with Gasteiger partial charge in [-0.15, -0.1) is 0 Å². The van der Waals surface area contributed by atoms with Gasteiger partial charge in [0.05, 0.1) is 10.7 Å². The molecule has 0 radical (unpaired) electrons. The van der Waals surface area contributed by atoms with Gasteiger partial charge in [0.15, 0.2) is 0 Å². The second kappa shape index (κ2) is 4.49. The van der Waals surface area contributed by atoms with Gasteiger partial charge in [-0.3, -0.25) is 4.79 Å². The van der Waals surface area contributed by atoms with Gasteiger partial charge >= 0.3 is 5.97 Å². The van der Waals surface area contributed by atoms with E-state index in [9.17, 15) is 4.79 Å². The topological polar surface area (TPSA) is 61.4 Å². The Labute approximate surface area is 97.7 Å². The number of hydrogen-bond donors (Lipinski definition) is 3. The molecule has 0 spiro atoms. The molecular weight excluding hydrogens is 224 g/mol. The molecule has 4 nitrogen and oxygen atoms in total. The summed E-state index contributed by atoms with van der Waals surface area (Å²) in [6.45, 7) is 1.62.